The number of carbonyl (C=O) groups excluding carboxylic acids is 2. The van der Waals surface area contributed by atoms with Gasteiger partial charge in [0.05, 0.1) is 5.56 Å². The van der Waals surface area contributed by atoms with Gasteiger partial charge in [-0.1, -0.05) is 24.3 Å². The minimum Gasteiger partial charge on any atom is -0.508 e. The number of phenols is 1. The number of hydrogen-bond donors (Lipinski definition) is 2. The molecule has 1 aromatic heterocycles. The first-order valence-electron chi connectivity index (χ1n) is 8.27. The lowest BCUT2D eigenvalue weighted by molar-refractivity contribution is -0.119. The molecule has 0 saturated carbocycles. The molecule has 6 heteroatoms. The average Bonchev–Trinajstić information content (AvgIpc) is 3.04. The quantitative estimate of drug-likeness (QED) is 0.535. The Labute approximate surface area is 154 Å². The van der Waals surface area contributed by atoms with Gasteiger partial charge in [-0.05, 0) is 42.5 Å². The zero-order valence-electron chi connectivity index (χ0n) is 14.1. The summed E-state index contributed by atoms with van der Waals surface area (Å²) >= 11 is 0. The molecule has 0 radical (unpaired) electrons. The molecule has 1 heterocycles. The summed E-state index contributed by atoms with van der Waals surface area (Å²) in [6.45, 7) is -0.432. The minimum atomic E-state index is -0.683. The molecule has 0 aliphatic heterocycles. The highest BCUT2D eigenvalue weighted by Crippen LogP contribution is 2.30. The minimum absolute atomic E-state index is 0.0467. The first-order chi connectivity index (χ1) is 13.1. The van der Waals surface area contributed by atoms with Crippen LogP contribution in [0.5, 0.6) is 5.75 Å². The molecular formula is C21H15NO5. The van der Waals surface area contributed by atoms with Gasteiger partial charge in [0.2, 0.25) is 0 Å². The van der Waals surface area contributed by atoms with Crippen molar-refractivity contribution in [1.82, 2.24) is 0 Å². The van der Waals surface area contributed by atoms with Gasteiger partial charge < -0.3 is 19.6 Å². The van der Waals surface area contributed by atoms with E-state index in [2.05, 4.69) is 5.32 Å². The maximum atomic E-state index is 12.1. The van der Waals surface area contributed by atoms with E-state index in [1.807, 2.05) is 30.3 Å². The second kappa shape index (κ2) is 6.84. The molecule has 2 N–H and O–H groups in total. The average molecular weight is 361 g/mol. The summed E-state index contributed by atoms with van der Waals surface area (Å²) in [6, 6.07) is 18.7. The molecule has 4 rings (SSSR count). The normalized spacial score (nSPS) is 10.8. The van der Waals surface area contributed by atoms with Crippen molar-refractivity contribution in [3.8, 4) is 5.75 Å². The number of esters is 1. The molecule has 1 amide bonds. The Morgan fingerprint density at radius 2 is 1.74 bits per heavy atom. The van der Waals surface area contributed by atoms with Crippen molar-refractivity contribution in [1.29, 1.82) is 0 Å². The SMILES string of the molecule is O=C(COC(=O)c1cccc(O)c1)Nc1ccc2oc3ccccc3c2c1. The number of amides is 1. The molecule has 0 bridgehead atoms. The van der Waals surface area contributed by atoms with Gasteiger partial charge in [0.1, 0.15) is 16.9 Å². The number of benzene rings is 3. The van der Waals surface area contributed by atoms with E-state index in [0.29, 0.717) is 5.69 Å². The van der Waals surface area contributed by atoms with Crippen LogP contribution in [-0.2, 0) is 9.53 Å². The molecule has 3 aromatic carbocycles. The topological polar surface area (TPSA) is 88.8 Å². The fourth-order valence-electron chi connectivity index (χ4n) is 2.85. The van der Waals surface area contributed by atoms with Crippen LogP contribution in [0, 0.1) is 0 Å². The van der Waals surface area contributed by atoms with Crippen LogP contribution in [0.15, 0.2) is 71.1 Å². The Morgan fingerprint density at radius 3 is 2.59 bits per heavy atom. The van der Waals surface area contributed by atoms with Crippen molar-refractivity contribution in [2.75, 3.05) is 11.9 Å². The summed E-state index contributed by atoms with van der Waals surface area (Å²) in [7, 11) is 0. The Balaban J connectivity index is 1.45. The van der Waals surface area contributed by atoms with Gasteiger partial charge >= 0.3 is 5.97 Å². The molecule has 0 fully saturated rings. The number of rotatable bonds is 4. The van der Waals surface area contributed by atoms with Crippen molar-refractivity contribution in [2.24, 2.45) is 0 Å². The highest BCUT2D eigenvalue weighted by atomic mass is 16.5. The Hall–Kier alpha value is -3.80. The Morgan fingerprint density at radius 1 is 0.926 bits per heavy atom. The summed E-state index contributed by atoms with van der Waals surface area (Å²) in [5.74, 6) is -1.19. The molecule has 0 aliphatic rings. The monoisotopic (exact) mass is 361 g/mol. The van der Waals surface area contributed by atoms with E-state index in [9.17, 15) is 14.7 Å². The van der Waals surface area contributed by atoms with Crippen LogP contribution in [0.25, 0.3) is 21.9 Å². The number of aromatic hydroxyl groups is 1. The molecule has 0 spiro atoms. The maximum Gasteiger partial charge on any atom is 0.338 e. The summed E-state index contributed by atoms with van der Waals surface area (Å²) in [5.41, 5.74) is 2.25. The van der Waals surface area contributed by atoms with Crippen molar-refractivity contribution < 1.29 is 23.8 Å². The van der Waals surface area contributed by atoms with Crippen molar-refractivity contribution in [3.05, 3.63) is 72.3 Å². The van der Waals surface area contributed by atoms with E-state index in [0.717, 1.165) is 21.9 Å². The third-order valence-corrected chi connectivity index (χ3v) is 4.08. The number of hydrogen-bond acceptors (Lipinski definition) is 5. The third-order valence-electron chi connectivity index (χ3n) is 4.08. The van der Waals surface area contributed by atoms with E-state index < -0.39 is 18.5 Å². The van der Waals surface area contributed by atoms with Crippen molar-refractivity contribution >= 4 is 39.5 Å². The van der Waals surface area contributed by atoms with Crippen LogP contribution in [0.3, 0.4) is 0 Å². The molecule has 0 aliphatic carbocycles. The van der Waals surface area contributed by atoms with Gasteiger partial charge in [-0.15, -0.1) is 0 Å². The van der Waals surface area contributed by atoms with Crippen LogP contribution in [0.1, 0.15) is 10.4 Å². The number of anilines is 1. The lowest BCUT2D eigenvalue weighted by atomic mass is 10.1. The fourth-order valence-corrected chi connectivity index (χ4v) is 2.85. The highest BCUT2D eigenvalue weighted by molar-refractivity contribution is 6.07. The van der Waals surface area contributed by atoms with E-state index >= 15 is 0 Å². The summed E-state index contributed by atoms with van der Waals surface area (Å²) in [4.78, 5) is 24.0. The van der Waals surface area contributed by atoms with Crippen LogP contribution in [0.4, 0.5) is 5.69 Å². The standard InChI is InChI=1S/C21H15NO5/c23-15-5-3-4-13(10-15)21(25)26-12-20(24)22-14-8-9-19-17(11-14)16-6-1-2-7-18(16)27-19/h1-11,23H,12H2,(H,22,24). The van der Waals surface area contributed by atoms with Gasteiger partial charge in [-0.2, -0.15) is 0 Å². The van der Waals surface area contributed by atoms with Crippen LogP contribution >= 0.6 is 0 Å². The van der Waals surface area contributed by atoms with Crippen LogP contribution in [0.2, 0.25) is 0 Å². The highest BCUT2D eigenvalue weighted by Gasteiger charge is 2.12. The number of fused-ring (bicyclic) bond motifs is 3. The third kappa shape index (κ3) is 3.46. The van der Waals surface area contributed by atoms with E-state index in [1.165, 1.54) is 24.3 Å². The Kier molecular flexibility index (Phi) is 4.22. The molecule has 0 unspecified atom stereocenters. The second-order valence-corrected chi connectivity index (χ2v) is 5.98. The molecule has 0 saturated heterocycles. The predicted molar refractivity (Wildman–Crippen MR) is 101 cm³/mol. The number of para-hydroxylation sites is 1. The molecule has 0 atom stereocenters. The van der Waals surface area contributed by atoms with Gasteiger partial charge in [-0.3, -0.25) is 4.79 Å². The molecule has 4 aromatic rings. The van der Waals surface area contributed by atoms with E-state index in [1.54, 1.807) is 12.1 Å². The number of phenolic OH excluding ortho intramolecular Hbond substituents is 1. The smallest absolute Gasteiger partial charge is 0.338 e. The molecule has 27 heavy (non-hydrogen) atoms. The molecule has 134 valence electrons. The van der Waals surface area contributed by atoms with Gasteiger partial charge in [0.25, 0.3) is 5.91 Å². The van der Waals surface area contributed by atoms with Crippen molar-refractivity contribution in [3.63, 3.8) is 0 Å². The number of ether oxygens (including phenoxy) is 1. The lowest BCUT2D eigenvalue weighted by Crippen LogP contribution is -2.20. The first-order valence-corrected chi connectivity index (χ1v) is 8.27. The molecular weight excluding hydrogens is 346 g/mol. The van der Waals surface area contributed by atoms with Gasteiger partial charge in [0, 0.05) is 16.5 Å². The second-order valence-electron chi connectivity index (χ2n) is 5.98. The lowest BCUT2D eigenvalue weighted by Gasteiger charge is -2.07. The Bertz CT molecular complexity index is 1160. The fraction of sp³-hybridized carbons (Fsp3) is 0.0476. The number of carbonyl (C=O) groups is 2. The van der Waals surface area contributed by atoms with Crippen LogP contribution < -0.4 is 5.32 Å². The summed E-state index contributed by atoms with van der Waals surface area (Å²) in [6.07, 6.45) is 0. The zero-order valence-corrected chi connectivity index (χ0v) is 14.1. The predicted octanol–water partition coefficient (Wildman–Crippen LogP) is 4.09. The van der Waals surface area contributed by atoms with E-state index in [4.69, 9.17) is 9.15 Å². The first kappa shape index (κ1) is 16.7. The number of nitrogens with one attached hydrogen (secondary N) is 1. The molecule has 6 nitrogen and oxygen atoms in total. The maximum absolute atomic E-state index is 12.1. The largest absolute Gasteiger partial charge is 0.508 e. The van der Waals surface area contributed by atoms with Gasteiger partial charge in [-0.25, -0.2) is 4.79 Å². The summed E-state index contributed by atoms with van der Waals surface area (Å²) < 4.78 is 10.7. The summed E-state index contributed by atoms with van der Waals surface area (Å²) in [5, 5.41) is 13.9. The van der Waals surface area contributed by atoms with Crippen LogP contribution in [-0.4, -0.2) is 23.6 Å². The zero-order chi connectivity index (χ0) is 18.8. The van der Waals surface area contributed by atoms with E-state index in [-0.39, 0.29) is 11.3 Å². The van der Waals surface area contributed by atoms with Crippen molar-refractivity contribution in [2.45, 2.75) is 0 Å². The van der Waals surface area contributed by atoms with Gasteiger partial charge in [0.15, 0.2) is 6.61 Å². The number of furan rings is 1.